The van der Waals surface area contributed by atoms with Crippen LogP contribution in [0.15, 0.2) is 6.58 Å². The summed E-state index contributed by atoms with van der Waals surface area (Å²) in [6.07, 6.45) is 0. The van der Waals surface area contributed by atoms with Crippen LogP contribution >= 0.6 is 58.0 Å². The molecule has 14 heavy (non-hydrogen) atoms. The lowest BCUT2D eigenvalue weighted by atomic mass is 10.1. The molecule has 0 bridgehead atoms. The van der Waals surface area contributed by atoms with Gasteiger partial charge in [-0.2, -0.15) is 0 Å². The van der Waals surface area contributed by atoms with E-state index in [9.17, 15) is 0 Å². The SMILES string of the molecule is C=C(C)c1c(Cl)c(Cl)c(Cl)c(Cl)c1Cl. The van der Waals surface area contributed by atoms with Crippen LogP contribution in [0.2, 0.25) is 25.1 Å². The van der Waals surface area contributed by atoms with Crippen molar-refractivity contribution in [3.8, 4) is 0 Å². The van der Waals surface area contributed by atoms with Crippen LogP contribution in [0.4, 0.5) is 0 Å². The van der Waals surface area contributed by atoms with E-state index in [4.69, 9.17) is 58.0 Å². The number of rotatable bonds is 1. The highest BCUT2D eigenvalue weighted by Crippen LogP contribution is 2.45. The van der Waals surface area contributed by atoms with E-state index in [1.807, 2.05) is 0 Å². The van der Waals surface area contributed by atoms with Gasteiger partial charge < -0.3 is 0 Å². The zero-order valence-corrected chi connectivity index (χ0v) is 10.9. The van der Waals surface area contributed by atoms with Crippen molar-refractivity contribution in [3.63, 3.8) is 0 Å². The van der Waals surface area contributed by atoms with Gasteiger partial charge in [0.15, 0.2) is 0 Å². The summed E-state index contributed by atoms with van der Waals surface area (Å²) in [5.74, 6) is 0. The van der Waals surface area contributed by atoms with Crippen LogP contribution in [0.1, 0.15) is 12.5 Å². The summed E-state index contributed by atoms with van der Waals surface area (Å²) in [4.78, 5) is 0. The molecule has 5 heteroatoms. The van der Waals surface area contributed by atoms with Gasteiger partial charge in [0.2, 0.25) is 0 Å². The fourth-order valence-electron chi connectivity index (χ4n) is 0.980. The molecule has 1 rings (SSSR count). The van der Waals surface area contributed by atoms with Crippen LogP contribution in [-0.4, -0.2) is 0 Å². The van der Waals surface area contributed by atoms with Crippen molar-refractivity contribution in [2.75, 3.05) is 0 Å². The molecule has 0 N–H and O–H groups in total. The quantitative estimate of drug-likeness (QED) is 0.440. The zero-order valence-electron chi connectivity index (χ0n) is 7.10. The van der Waals surface area contributed by atoms with Gasteiger partial charge in [0, 0.05) is 5.56 Å². The summed E-state index contributed by atoms with van der Waals surface area (Å²) < 4.78 is 0. The molecule has 0 spiro atoms. The maximum Gasteiger partial charge on any atom is 0.0809 e. The van der Waals surface area contributed by atoms with Crippen LogP contribution in [0, 0.1) is 0 Å². The van der Waals surface area contributed by atoms with Crippen molar-refractivity contribution in [2.24, 2.45) is 0 Å². The number of hydrogen-bond acceptors (Lipinski definition) is 0. The molecule has 0 aliphatic carbocycles. The van der Waals surface area contributed by atoms with Crippen LogP contribution in [-0.2, 0) is 0 Å². The first-order valence-corrected chi connectivity index (χ1v) is 5.44. The van der Waals surface area contributed by atoms with Crippen LogP contribution in [0.5, 0.6) is 0 Å². The van der Waals surface area contributed by atoms with Gasteiger partial charge in [-0.25, -0.2) is 0 Å². The molecule has 0 heterocycles. The fourth-order valence-corrected chi connectivity index (χ4v) is 2.44. The lowest BCUT2D eigenvalue weighted by Crippen LogP contribution is -1.87. The number of benzene rings is 1. The Morgan fingerprint density at radius 3 is 1.36 bits per heavy atom. The van der Waals surface area contributed by atoms with E-state index in [0.29, 0.717) is 11.1 Å². The number of hydrogen-bond donors (Lipinski definition) is 0. The second-order valence-corrected chi connectivity index (χ2v) is 4.62. The lowest BCUT2D eigenvalue weighted by Gasteiger charge is -2.11. The van der Waals surface area contributed by atoms with Crippen molar-refractivity contribution in [3.05, 3.63) is 37.3 Å². The largest absolute Gasteiger partial charge is 0.0954 e. The first-order valence-electron chi connectivity index (χ1n) is 3.55. The molecule has 1 aromatic rings. The Morgan fingerprint density at radius 1 is 0.786 bits per heavy atom. The molecule has 0 radical (unpaired) electrons. The third kappa shape index (κ3) is 2.00. The van der Waals surface area contributed by atoms with Crippen molar-refractivity contribution in [2.45, 2.75) is 6.92 Å². The second kappa shape index (κ2) is 4.51. The van der Waals surface area contributed by atoms with Gasteiger partial charge in [-0.05, 0) is 12.5 Å². The monoisotopic (exact) mass is 288 g/mol. The van der Waals surface area contributed by atoms with E-state index in [-0.39, 0.29) is 25.1 Å². The summed E-state index contributed by atoms with van der Waals surface area (Å²) in [5.41, 5.74) is 1.22. The van der Waals surface area contributed by atoms with Crippen LogP contribution in [0.25, 0.3) is 5.57 Å². The molecule has 0 unspecified atom stereocenters. The topological polar surface area (TPSA) is 0 Å². The molecule has 76 valence electrons. The lowest BCUT2D eigenvalue weighted by molar-refractivity contribution is 1.57. The molecule has 0 fully saturated rings. The molecule has 0 aliphatic rings. The minimum atomic E-state index is 0.160. The highest BCUT2D eigenvalue weighted by Gasteiger charge is 2.19. The van der Waals surface area contributed by atoms with Crippen LogP contribution < -0.4 is 0 Å². The first kappa shape index (κ1) is 12.5. The van der Waals surface area contributed by atoms with Crippen LogP contribution in [0.3, 0.4) is 0 Å². The summed E-state index contributed by atoms with van der Waals surface area (Å²) in [5, 5.41) is 1.10. The minimum absolute atomic E-state index is 0.160. The number of allylic oxidation sites excluding steroid dienone is 1. The van der Waals surface area contributed by atoms with E-state index < -0.39 is 0 Å². The highest BCUT2D eigenvalue weighted by atomic mass is 35.5. The normalized spacial score (nSPS) is 10.4. The molecule has 0 atom stereocenters. The van der Waals surface area contributed by atoms with E-state index >= 15 is 0 Å². The molecule has 0 saturated heterocycles. The summed E-state index contributed by atoms with van der Waals surface area (Å²) in [6.45, 7) is 5.49. The van der Waals surface area contributed by atoms with Gasteiger partial charge in [-0.15, -0.1) is 0 Å². The number of halogens is 5. The standard InChI is InChI=1S/C9H5Cl5/c1-3(2)4-5(10)7(12)9(14)8(13)6(4)11/h1H2,2H3. The van der Waals surface area contributed by atoms with Gasteiger partial charge in [-0.1, -0.05) is 64.6 Å². The Kier molecular flexibility index (Phi) is 4.02. The van der Waals surface area contributed by atoms with E-state index in [2.05, 4.69) is 6.58 Å². The summed E-state index contributed by atoms with van der Waals surface area (Å²) in [6, 6.07) is 0. The Hall–Kier alpha value is 0.410. The highest BCUT2D eigenvalue weighted by molar-refractivity contribution is 6.55. The molecule has 0 nitrogen and oxygen atoms in total. The molecule has 0 aromatic heterocycles. The van der Waals surface area contributed by atoms with Gasteiger partial charge in [0.25, 0.3) is 0 Å². The summed E-state index contributed by atoms with van der Waals surface area (Å²) >= 11 is 29.4. The average molecular weight is 290 g/mol. The van der Waals surface area contributed by atoms with Crippen molar-refractivity contribution >= 4 is 63.6 Å². The smallest absolute Gasteiger partial charge is 0.0809 e. The molecular formula is C9H5Cl5. The summed E-state index contributed by atoms with van der Waals surface area (Å²) in [7, 11) is 0. The van der Waals surface area contributed by atoms with Gasteiger partial charge in [-0.3, -0.25) is 0 Å². The predicted octanol–water partition coefficient (Wildman–Crippen LogP) is 5.99. The molecule has 0 amide bonds. The molecule has 0 saturated carbocycles. The fraction of sp³-hybridized carbons (Fsp3) is 0.111. The third-order valence-electron chi connectivity index (χ3n) is 1.64. The predicted molar refractivity (Wildman–Crippen MR) is 66.2 cm³/mol. The van der Waals surface area contributed by atoms with E-state index in [0.717, 1.165) is 0 Å². The Labute approximate surface area is 107 Å². The zero-order chi connectivity index (χ0) is 11.0. The van der Waals surface area contributed by atoms with Gasteiger partial charge >= 0.3 is 0 Å². The van der Waals surface area contributed by atoms with Gasteiger partial charge in [0.05, 0.1) is 25.1 Å². The third-order valence-corrected chi connectivity index (χ3v) is 3.91. The molecule has 0 aliphatic heterocycles. The van der Waals surface area contributed by atoms with E-state index in [1.54, 1.807) is 6.92 Å². The molecular weight excluding hydrogens is 285 g/mol. The van der Waals surface area contributed by atoms with E-state index in [1.165, 1.54) is 0 Å². The average Bonchev–Trinajstić information content (AvgIpc) is 2.11. The van der Waals surface area contributed by atoms with Crippen molar-refractivity contribution in [1.29, 1.82) is 0 Å². The van der Waals surface area contributed by atoms with Crippen molar-refractivity contribution < 1.29 is 0 Å². The Bertz CT molecular complexity index is 379. The first-order chi connectivity index (χ1) is 6.37. The Balaban J connectivity index is 3.68. The van der Waals surface area contributed by atoms with Gasteiger partial charge in [0.1, 0.15) is 0 Å². The molecule has 1 aromatic carbocycles. The minimum Gasteiger partial charge on any atom is -0.0954 e. The Morgan fingerprint density at radius 2 is 1.07 bits per heavy atom. The maximum absolute atomic E-state index is 5.95. The van der Waals surface area contributed by atoms with Crippen molar-refractivity contribution in [1.82, 2.24) is 0 Å². The maximum atomic E-state index is 5.95. The second-order valence-electron chi connectivity index (χ2n) is 2.73.